The van der Waals surface area contributed by atoms with Gasteiger partial charge < -0.3 is 19.5 Å². The number of carbonyl (C=O) groups excluding carboxylic acids is 1. The number of carboxylic acids is 1. The molecule has 0 spiro atoms. The second-order valence-corrected chi connectivity index (χ2v) is 9.03. The molecule has 4 atom stereocenters. The van der Waals surface area contributed by atoms with Gasteiger partial charge in [0.25, 0.3) is 0 Å². The summed E-state index contributed by atoms with van der Waals surface area (Å²) in [6, 6.07) is 7.46. The lowest BCUT2D eigenvalue weighted by Crippen LogP contribution is -2.48. The van der Waals surface area contributed by atoms with Gasteiger partial charge in [0.1, 0.15) is 11.8 Å². The molecule has 0 radical (unpaired) electrons. The number of nitrogens with zero attached hydrogens (tertiary/aromatic N) is 2. The molecule has 5 rings (SSSR count). The van der Waals surface area contributed by atoms with Crippen LogP contribution in [0.3, 0.4) is 0 Å². The number of hydrazine groups is 1. The average Bonchev–Trinajstić information content (AvgIpc) is 3.49. The zero-order valence-corrected chi connectivity index (χ0v) is 17.5. The highest BCUT2D eigenvalue weighted by molar-refractivity contribution is 5.80. The minimum Gasteiger partial charge on any atom is -0.490 e. The summed E-state index contributed by atoms with van der Waals surface area (Å²) < 4.78 is 11.8. The molecular weight excluding hydrogens is 398 g/mol. The van der Waals surface area contributed by atoms with Crippen LogP contribution in [0.2, 0.25) is 0 Å². The van der Waals surface area contributed by atoms with Crippen molar-refractivity contribution in [1.82, 2.24) is 15.3 Å². The highest BCUT2D eigenvalue weighted by Gasteiger charge is 2.44. The molecule has 1 aromatic carbocycles. The topological polar surface area (TPSA) is 91.3 Å². The smallest absolute Gasteiger partial charge is 0.338 e. The lowest BCUT2D eigenvalue weighted by molar-refractivity contribution is -0.138. The van der Waals surface area contributed by atoms with Gasteiger partial charge in [0, 0.05) is 32.5 Å². The van der Waals surface area contributed by atoms with E-state index in [-0.39, 0.29) is 12.1 Å². The van der Waals surface area contributed by atoms with Crippen molar-refractivity contribution in [1.29, 1.82) is 0 Å². The number of urea groups is 1. The Hall–Kier alpha value is -2.58. The monoisotopic (exact) mass is 427 g/mol. The highest BCUT2D eigenvalue weighted by Crippen LogP contribution is 2.40. The molecular formula is C23H29N3O5. The molecule has 2 amide bonds. The van der Waals surface area contributed by atoms with E-state index >= 15 is 0 Å². The Bertz CT molecular complexity index is 855. The zero-order chi connectivity index (χ0) is 21.4. The van der Waals surface area contributed by atoms with Crippen LogP contribution in [0, 0.1) is 11.8 Å². The Balaban J connectivity index is 1.14. The van der Waals surface area contributed by atoms with E-state index < -0.39 is 12.0 Å². The summed E-state index contributed by atoms with van der Waals surface area (Å²) in [4.78, 5) is 25.6. The van der Waals surface area contributed by atoms with Gasteiger partial charge in [0.2, 0.25) is 0 Å². The Morgan fingerprint density at radius 2 is 1.87 bits per heavy atom. The van der Waals surface area contributed by atoms with Gasteiger partial charge >= 0.3 is 12.0 Å². The first-order chi connectivity index (χ1) is 15.1. The fourth-order valence-corrected chi connectivity index (χ4v) is 5.38. The molecule has 31 heavy (non-hydrogen) atoms. The summed E-state index contributed by atoms with van der Waals surface area (Å²) in [5.41, 5.74) is 4.04. The minimum absolute atomic E-state index is 0.179. The predicted octanol–water partition coefficient (Wildman–Crippen LogP) is 2.58. The Morgan fingerprint density at radius 1 is 1.13 bits per heavy atom. The van der Waals surface area contributed by atoms with Crippen LogP contribution < -0.4 is 10.2 Å². The molecule has 1 unspecified atom stereocenters. The van der Waals surface area contributed by atoms with Gasteiger partial charge in [-0.3, -0.25) is 4.79 Å². The lowest BCUT2D eigenvalue weighted by Gasteiger charge is -2.25. The number of likely N-dealkylation sites (tertiary alicyclic amines) is 1. The van der Waals surface area contributed by atoms with E-state index in [0.29, 0.717) is 30.8 Å². The lowest BCUT2D eigenvalue weighted by atomic mass is 9.92. The quantitative estimate of drug-likeness (QED) is 0.768. The molecule has 1 saturated carbocycles. The molecule has 4 aliphatic rings. The summed E-state index contributed by atoms with van der Waals surface area (Å²) in [6.45, 7) is 3.04. The first kappa shape index (κ1) is 20.3. The molecule has 3 fully saturated rings. The summed E-state index contributed by atoms with van der Waals surface area (Å²) in [5, 5.41) is 10.4. The Morgan fingerprint density at radius 3 is 2.55 bits per heavy atom. The van der Waals surface area contributed by atoms with Crippen LogP contribution in [-0.4, -0.2) is 65.5 Å². The van der Waals surface area contributed by atoms with Crippen LogP contribution in [0.4, 0.5) is 4.79 Å². The molecule has 2 saturated heterocycles. The number of rotatable bonds is 4. The van der Waals surface area contributed by atoms with Crippen LogP contribution >= 0.6 is 0 Å². The van der Waals surface area contributed by atoms with E-state index in [0.717, 1.165) is 44.6 Å². The number of aliphatic carboxylic acids is 1. The van der Waals surface area contributed by atoms with E-state index in [4.69, 9.17) is 14.6 Å². The average molecular weight is 428 g/mol. The van der Waals surface area contributed by atoms with Crippen LogP contribution in [-0.2, 0) is 9.53 Å². The molecule has 8 nitrogen and oxygen atoms in total. The second-order valence-electron chi connectivity index (χ2n) is 9.03. The molecule has 166 valence electrons. The van der Waals surface area contributed by atoms with Gasteiger partial charge in [-0.15, -0.1) is 0 Å². The number of nitrogens with one attached hydrogen (secondary N) is 1. The fourth-order valence-electron chi connectivity index (χ4n) is 5.38. The van der Waals surface area contributed by atoms with E-state index in [1.807, 2.05) is 11.0 Å². The van der Waals surface area contributed by atoms with Crippen LogP contribution in [0.25, 0.3) is 0 Å². The van der Waals surface area contributed by atoms with Crippen molar-refractivity contribution in [2.24, 2.45) is 11.8 Å². The van der Waals surface area contributed by atoms with Crippen molar-refractivity contribution >= 4 is 12.0 Å². The van der Waals surface area contributed by atoms with Gasteiger partial charge in [0.05, 0.1) is 6.10 Å². The normalized spacial score (nSPS) is 30.6. The van der Waals surface area contributed by atoms with Crippen LogP contribution in [0.1, 0.15) is 37.2 Å². The molecule has 0 bridgehead atoms. The molecule has 0 aromatic heterocycles. The van der Waals surface area contributed by atoms with E-state index in [2.05, 4.69) is 23.6 Å². The third-order valence-corrected chi connectivity index (χ3v) is 7.01. The van der Waals surface area contributed by atoms with Crippen LogP contribution in [0.15, 0.2) is 36.5 Å². The molecule has 3 aliphatic heterocycles. The summed E-state index contributed by atoms with van der Waals surface area (Å²) >= 11 is 0. The van der Waals surface area contributed by atoms with Crippen molar-refractivity contribution in [2.45, 2.75) is 43.7 Å². The Kier molecular flexibility index (Phi) is 5.58. The van der Waals surface area contributed by atoms with Crippen molar-refractivity contribution in [2.75, 3.05) is 26.3 Å². The van der Waals surface area contributed by atoms with E-state index in [1.54, 1.807) is 0 Å². The maximum atomic E-state index is 12.7. The summed E-state index contributed by atoms with van der Waals surface area (Å²) in [5.74, 6) is 1.34. The van der Waals surface area contributed by atoms with E-state index in [9.17, 15) is 9.59 Å². The van der Waals surface area contributed by atoms with Crippen molar-refractivity contribution in [3.63, 3.8) is 0 Å². The van der Waals surface area contributed by atoms with Crippen molar-refractivity contribution < 1.29 is 24.2 Å². The van der Waals surface area contributed by atoms with E-state index in [1.165, 1.54) is 22.8 Å². The largest absolute Gasteiger partial charge is 0.490 e. The molecule has 8 heteroatoms. The van der Waals surface area contributed by atoms with Gasteiger partial charge in [-0.2, -0.15) is 0 Å². The van der Waals surface area contributed by atoms with Crippen molar-refractivity contribution in [3.05, 3.63) is 42.1 Å². The second kappa shape index (κ2) is 8.51. The van der Waals surface area contributed by atoms with Gasteiger partial charge in [-0.05, 0) is 67.2 Å². The molecule has 1 aliphatic carbocycles. The maximum Gasteiger partial charge on any atom is 0.338 e. The molecule has 2 N–H and O–H groups in total. The first-order valence-corrected chi connectivity index (χ1v) is 11.2. The maximum absolute atomic E-state index is 12.7. The fraction of sp³-hybridized carbons (Fsp3) is 0.565. The number of carboxylic acid groups (broad SMARTS) is 1. The molecule has 3 heterocycles. The van der Waals surface area contributed by atoms with Gasteiger partial charge in [-0.25, -0.2) is 15.2 Å². The minimum atomic E-state index is -0.995. The zero-order valence-electron chi connectivity index (χ0n) is 17.5. The van der Waals surface area contributed by atoms with Gasteiger partial charge in [-0.1, -0.05) is 12.1 Å². The summed E-state index contributed by atoms with van der Waals surface area (Å²) in [6.07, 6.45) is 7.18. The number of amides is 2. The number of ether oxygens (including phenoxy) is 2. The SMILES string of the molecule is O=C(O)C1C=CN(C(=O)N2C[C@H]3C[C@H](Oc4cccc(C5CCOCC5)c4)C[C@H]3C2)N1. The number of hydrogen-bond acceptors (Lipinski definition) is 5. The number of fused-ring (bicyclic) bond motifs is 1. The van der Waals surface area contributed by atoms with Crippen LogP contribution in [0.5, 0.6) is 5.75 Å². The third kappa shape index (κ3) is 4.27. The van der Waals surface area contributed by atoms with Gasteiger partial charge in [0.15, 0.2) is 0 Å². The number of hydrogen-bond donors (Lipinski definition) is 2. The third-order valence-electron chi connectivity index (χ3n) is 7.01. The first-order valence-electron chi connectivity index (χ1n) is 11.2. The molecule has 1 aromatic rings. The van der Waals surface area contributed by atoms with Crippen molar-refractivity contribution in [3.8, 4) is 5.75 Å². The Labute approximate surface area is 181 Å². The summed E-state index contributed by atoms with van der Waals surface area (Å²) in [7, 11) is 0. The standard InChI is InChI=1S/C23H29N3O5/c27-22(28)21-4-7-26(24-21)23(29)25-13-17-11-20(12-18(17)14-25)31-19-3-1-2-16(10-19)15-5-8-30-9-6-15/h1-4,7,10,15,17-18,20-21,24H,5-6,8-9,11-14H2,(H,27,28)/t17-,18+,20+,21?. The number of carbonyl (C=O) groups is 2. The highest BCUT2D eigenvalue weighted by atomic mass is 16.5. The predicted molar refractivity (Wildman–Crippen MR) is 112 cm³/mol. The number of benzene rings is 1.